The van der Waals surface area contributed by atoms with Gasteiger partial charge in [-0.15, -0.1) is 0 Å². The minimum Gasteiger partial charge on any atom is -0.332 e. The van der Waals surface area contributed by atoms with Gasteiger partial charge in [-0.1, -0.05) is 97.1 Å². The summed E-state index contributed by atoms with van der Waals surface area (Å²) in [5, 5.41) is 3.65. The van der Waals surface area contributed by atoms with Crippen molar-refractivity contribution in [2.24, 2.45) is 0 Å². The largest absolute Gasteiger partial charge is 0.332 e. The van der Waals surface area contributed by atoms with Gasteiger partial charge in [0.05, 0.1) is 18.1 Å². The average Bonchev–Trinajstić information content (AvgIpc) is 3.23. The Morgan fingerprint density at radius 2 is 1.38 bits per heavy atom. The Bertz CT molecular complexity index is 982. The van der Waals surface area contributed by atoms with Gasteiger partial charge in [0.25, 0.3) is 0 Å². The van der Waals surface area contributed by atoms with Crippen LogP contribution in [-0.4, -0.2) is 16.1 Å². The highest BCUT2D eigenvalue weighted by molar-refractivity contribution is 5.43. The van der Waals surface area contributed by atoms with Gasteiger partial charge in [-0.05, 0) is 22.8 Å². The van der Waals surface area contributed by atoms with Crippen molar-refractivity contribution in [1.82, 2.24) is 14.9 Å². The summed E-state index contributed by atoms with van der Waals surface area (Å²) in [5.74, 6) is 0. The van der Waals surface area contributed by atoms with Crippen LogP contribution in [0.2, 0.25) is 0 Å². The van der Waals surface area contributed by atoms with E-state index in [0.717, 1.165) is 18.8 Å². The molecule has 0 aliphatic rings. The first-order valence-corrected chi connectivity index (χ1v) is 9.94. The number of hydrogen-bond acceptors (Lipinski definition) is 2. The molecule has 0 unspecified atom stereocenters. The highest BCUT2D eigenvalue weighted by Crippen LogP contribution is 2.21. The summed E-state index contributed by atoms with van der Waals surface area (Å²) in [4.78, 5) is 4.49. The first kappa shape index (κ1) is 18.9. The van der Waals surface area contributed by atoms with E-state index < -0.39 is 0 Å². The van der Waals surface area contributed by atoms with Gasteiger partial charge < -0.3 is 9.88 Å². The van der Waals surface area contributed by atoms with E-state index >= 15 is 0 Å². The van der Waals surface area contributed by atoms with E-state index in [1.807, 2.05) is 12.4 Å². The molecule has 0 radical (unpaired) electrons. The maximum Gasteiger partial charge on any atom is 0.0956 e. The molecule has 0 saturated carbocycles. The molecule has 0 aliphatic heterocycles. The molecule has 3 nitrogen and oxygen atoms in total. The van der Waals surface area contributed by atoms with Crippen LogP contribution >= 0.6 is 0 Å². The second-order valence-corrected chi connectivity index (χ2v) is 7.02. The zero-order chi connectivity index (χ0) is 19.7. The number of benzene rings is 3. The van der Waals surface area contributed by atoms with E-state index in [1.54, 1.807) is 0 Å². The molecule has 3 aromatic carbocycles. The zero-order valence-electron chi connectivity index (χ0n) is 16.4. The Labute approximate surface area is 172 Å². The fraction of sp³-hybridized carbons (Fsp3) is 0.115. The molecule has 29 heavy (non-hydrogen) atoms. The average molecular weight is 380 g/mol. The monoisotopic (exact) mass is 379 g/mol. The molecular formula is C26H25N3. The van der Waals surface area contributed by atoms with E-state index in [-0.39, 0.29) is 6.04 Å². The summed E-state index contributed by atoms with van der Waals surface area (Å²) in [6, 6.07) is 31.7. The maximum atomic E-state index is 4.49. The molecule has 0 amide bonds. The number of aromatic nitrogens is 2. The fourth-order valence-corrected chi connectivity index (χ4v) is 3.43. The minimum atomic E-state index is 0.165. The molecule has 0 aliphatic carbocycles. The van der Waals surface area contributed by atoms with Crippen LogP contribution in [0.25, 0.3) is 6.08 Å². The summed E-state index contributed by atoms with van der Waals surface area (Å²) >= 11 is 0. The quantitative estimate of drug-likeness (QED) is 0.449. The third-order valence-electron chi connectivity index (χ3n) is 4.86. The smallest absolute Gasteiger partial charge is 0.0956 e. The van der Waals surface area contributed by atoms with Crippen LogP contribution in [0.5, 0.6) is 0 Å². The molecule has 3 heteroatoms. The summed E-state index contributed by atoms with van der Waals surface area (Å²) in [6.45, 7) is 1.60. The first-order valence-electron chi connectivity index (χ1n) is 9.94. The lowest BCUT2D eigenvalue weighted by Gasteiger charge is -2.19. The molecule has 1 N–H and O–H groups in total. The van der Waals surface area contributed by atoms with Gasteiger partial charge in [-0.2, -0.15) is 0 Å². The van der Waals surface area contributed by atoms with E-state index in [2.05, 4.69) is 118 Å². The number of nitrogens with zero attached hydrogens (tertiary/aromatic N) is 2. The Balaban J connectivity index is 1.38. The highest BCUT2D eigenvalue weighted by Gasteiger charge is 2.11. The number of hydrogen-bond donors (Lipinski definition) is 1. The molecule has 0 atom stereocenters. The molecule has 1 aromatic heterocycles. The molecule has 0 saturated heterocycles. The second kappa shape index (κ2) is 9.67. The summed E-state index contributed by atoms with van der Waals surface area (Å²) in [7, 11) is 0. The lowest BCUT2D eigenvalue weighted by molar-refractivity contribution is 0.653. The second-order valence-electron chi connectivity index (χ2n) is 7.02. The molecule has 0 spiro atoms. The summed E-state index contributed by atoms with van der Waals surface area (Å²) in [5.41, 5.74) is 4.77. The molecule has 4 aromatic rings. The minimum absolute atomic E-state index is 0.165. The summed E-state index contributed by atoms with van der Waals surface area (Å²) in [6.07, 6.45) is 8.17. The van der Waals surface area contributed by atoms with Crippen LogP contribution in [0.1, 0.15) is 28.4 Å². The maximum absolute atomic E-state index is 4.49. The Kier molecular flexibility index (Phi) is 6.31. The van der Waals surface area contributed by atoms with Crippen LogP contribution in [0, 0.1) is 0 Å². The van der Waals surface area contributed by atoms with Crippen LogP contribution in [0.3, 0.4) is 0 Å². The lowest BCUT2D eigenvalue weighted by Crippen LogP contribution is -2.22. The number of imidazole rings is 1. The van der Waals surface area contributed by atoms with Gasteiger partial charge in [0.15, 0.2) is 0 Å². The molecule has 0 fully saturated rings. The van der Waals surface area contributed by atoms with Gasteiger partial charge in [0, 0.05) is 19.3 Å². The van der Waals surface area contributed by atoms with E-state index in [9.17, 15) is 0 Å². The van der Waals surface area contributed by atoms with Crippen molar-refractivity contribution in [3.8, 4) is 0 Å². The normalized spacial score (nSPS) is 11.3. The topological polar surface area (TPSA) is 29.9 Å². The lowest BCUT2D eigenvalue weighted by atomic mass is 9.99. The molecule has 4 rings (SSSR count). The molecular weight excluding hydrogens is 354 g/mol. The van der Waals surface area contributed by atoms with Crippen molar-refractivity contribution >= 4 is 6.08 Å². The van der Waals surface area contributed by atoms with Gasteiger partial charge >= 0.3 is 0 Å². The first-order chi connectivity index (χ1) is 14.4. The predicted molar refractivity (Wildman–Crippen MR) is 120 cm³/mol. The van der Waals surface area contributed by atoms with Gasteiger partial charge in [-0.25, -0.2) is 4.98 Å². The third kappa shape index (κ3) is 5.31. The molecule has 0 bridgehead atoms. The van der Waals surface area contributed by atoms with Crippen molar-refractivity contribution in [2.75, 3.05) is 6.54 Å². The van der Waals surface area contributed by atoms with Gasteiger partial charge in [0.1, 0.15) is 0 Å². The SMILES string of the molecule is C(=C\c1cn(Cc2ccccc2)cn1)/CNC(c1ccccc1)c1ccccc1. The van der Waals surface area contributed by atoms with Crippen molar-refractivity contribution in [3.05, 3.63) is 132 Å². The Morgan fingerprint density at radius 1 is 0.793 bits per heavy atom. The van der Waals surface area contributed by atoms with Crippen molar-refractivity contribution in [2.45, 2.75) is 12.6 Å². The Hall–Kier alpha value is -3.43. The standard InChI is InChI=1S/C26H25N3/c1-4-11-22(12-5-1)19-29-20-25(28-21-29)17-10-18-27-26(23-13-6-2-7-14-23)24-15-8-3-9-16-24/h1-17,20-21,26-27H,18-19H2/b17-10+. The summed E-state index contributed by atoms with van der Waals surface area (Å²) < 4.78 is 2.11. The van der Waals surface area contributed by atoms with Gasteiger partial charge in [-0.3, -0.25) is 0 Å². The predicted octanol–water partition coefficient (Wildman–Crippen LogP) is 5.32. The van der Waals surface area contributed by atoms with Gasteiger partial charge in [0.2, 0.25) is 0 Å². The van der Waals surface area contributed by atoms with Crippen molar-refractivity contribution < 1.29 is 0 Å². The molecule has 1 heterocycles. The van der Waals surface area contributed by atoms with E-state index in [4.69, 9.17) is 0 Å². The zero-order valence-corrected chi connectivity index (χ0v) is 16.4. The van der Waals surface area contributed by atoms with Crippen LogP contribution in [0.4, 0.5) is 0 Å². The van der Waals surface area contributed by atoms with Crippen molar-refractivity contribution in [1.29, 1.82) is 0 Å². The number of nitrogens with one attached hydrogen (secondary N) is 1. The fourth-order valence-electron chi connectivity index (χ4n) is 3.43. The van der Waals surface area contributed by atoms with Crippen molar-refractivity contribution in [3.63, 3.8) is 0 Å². The highest BCUT2D eigenvalue weighted by atomic mass is 15.0. The molecule has 144 valence electrons. The Morgan fingerprint density at radius 3 is 2.00 bits per heavy atom. The van der Waals surface area contributed by atoms with E-state index in [0.29, 0.717) is 0 Å². The van der Waals surface area contributed by atoms with E-state index in [1.165, 1.54) is 16.7 Å². The van der Waals surface area contributed by atoms with Crippen LogP contribution in [0.15, 0.2) is 110 Å². The van der Waals surface area contributed by atoms with Crippen LogP contribution in [-0.2, 0) is 6.54 Å². The number of rotatable bonds is 8. The van der Waals surface area contributed by atoms with Crippen LogP contribution < -0.4 is 5.32 Å². The third-order valence-corrected chi connectivity index (χ3v) is 4.86.